The number of rotatable bonds is 0. The first-order valence-corrected chi connectivity index (χ1v) is 9.81. The second-order valence-electron chi connectivity index (χ2n) is 0.777. The Kier molecular flexibility index (Phi) is 28.9. The summed E-state index contributed by atoms with van der Waals surface area (Å²) in [5.41, 5.74) is 0. The third kappa shape index (κ3) is 155. The first-order valence-electron chi connectivity index (χ1n) is 1.52. The van der Waals surface area contributed by atoms with E-state index in [1.807, 2.05) is 0 Å². The average molecular weight is 295 g/mol. The van der Waals surface area contributed by atoms with E-state index in [0.29, 0.717) is 0 Å². The van der Waals surface area contributed by atoms with Crippen molar-refractivity contribution in [1.29, 1.82) is 0 Å². The largest absolute Gasteiger partial charge is 1.00 e. The van der Waals surface area contributed by atoms with Crippen LogP contribution in [0.25, 0.3) is 0 Å². The van der Waals surface area contributed by atoms with Gasteiger partial charge in [-0.25, -0.2) is 0 Å². The van der Waals surface area contributed by atoms with Gasteiger partial charge in [0.15, 0.2) is 0 Å². The Balaban J connectivity index is -0.0000000146. The van der Waals surface area contributed by atoms with Gasteiger partial charge >= 0.3 is 77.7 Å². The molecule has 0 aliphatic rings. The van der Waals surface area contributed by atoms with Crippen LogP contribution >= 0.6 is 40.2 Å². The molecule has 0 saturated heterocycles. The molecule has 0 aromatic rings. The van der Waals surface area contributed by atoms with Crippen molar-refractivity contribution in [2.45, 2.75) is 0 Å². The molecule has 3 nitrogen and oxygen atoms in total. The van der Waals surface area contributed by atoms with Crippen LogP contribution in [0.5, 0.6) is 0 Å². The molecule has 0 aliphatic heterocycles. The molecule has 11 heavy (non-hydrogen) atoms. The number of halogens is 4. The topological polar surface area (TPSA) is 57.5 Å². The van der Waals surface area contributed by atoms with Gasteiger partial charge < -0.3 is 52.6 Å². The van der Waals surface area contributed by atoms with Crippen LogP contribution in [0.15, 0.2) is 0 Å². The summed E-state index contributed by atoms with van der Waals surface area (Å²) in [4.78, 5) is 14.3. The SMILES string of the molecule is O=[Si](O)O.[Cl][Al-]([Cl])([Cl])[Cl].[H-].[H-].[Na+].[Na+]. The Bertz CT molecular complexity index is 93.9. The zero-order valence-electron chi connectivity index (χ0n) is 7.89. The molecule has 0 aliphatic carbocycles. The van der Waals surface area contributed by atoms with E-state index in [-0.39, 0.29) is 62.0 Å². The molecule has 0 heterocycles. The van der Waals surface area contributed by atoms with E-state index in [9.17, 15) is 0 Å². The van der Waals surface area contributed by atoms with Gasteiger partial charge in [0, 0.05) is 0 Å². The summed E-state index contributed by atoms with van der Waals surface area (Å²) in [5, 5.41) is 0. The first kappa shape index (κ1) is 23.8. The predicted octanol–water partition coefficient (Wildman–Crippen LogP) is -5.00. The van der Waals surface area contributed by atoms with E-state index in [1.165, 1.54) is 0 Å². The Morgan fingerprint density at radius 2 is 1.09 bits per heavy atom. The zero-order valence-corrected chi connectivity index (χ0v) is 15.1. The van der Waals surface area contributed by atoms with E-state index in [4.69, 9.17) is 54.2 Å². The molecule has 0 saturated carbocycles. The number of hydrogen-bond acceptors (Lipinski definition) is 1. The van der Waals surface area contributed by atoms with E-state index in [0.717, 1.165) is 0 Å². The van der Waals surface area contributed by atoms with Gasteiger partial charge in [0.1, 0.15) is 0 Å². The third-order valence-corrected chi connectivity index (χ3v) is 0. The normalized spacial score (nSPS) is 7.64. The molecule has 0 atom stereocenters. The van der Waals surface area contributed by atoms with E-state index >= 15 is 0 Å². The Labute approximate surface area is 132 Å². The van der Waals surface area contributed by atoms with Crippen molar-refractivity contribution in [3.05, 3.63) is 0 Å². The minimum absolute atomic E-state index is 0. The maximum Gasteiger partial charge on any atom is 1.00 e. The molecule has 11 heteroatoms. The maximum atomic E-state index is 8.74. The van der Waals surface area contributed by atoms with Crippen LogP contribution in [0.1, 0.15) is 2.85 Å². The molecule has 60 valence electrons. The van der Waals surface area contributed by atoms with Crippen molar-refractivity contribution in [2.75, 3.05) is 0 Å². The molecule has 0 radical (unpaired) electrons. The second-order valence-corrected chi connectivity index (χ2v) is 14.2. The molecule has 0 rings (SSSR count). The van der Waals surface area contributed by atoms with Crippen LogP contribution in [-0.4, -0.2) is 28.2 Å². The minimum atomic E-state index is -3.13. The average Bonchev–Trinajstić information content (AvgIpc) is 1.19. The Morgan fingerprint density at radius 3 is 1.09 bits per heavy atom. The fraction of sp³-hybridized carbons (Fsp3) is 0. The van der Waals surface area contributed by atoms with Gasteiger partial charge in [-0.3, -0.25) is 4.46 Å². The fourth-order valence-electron chi connectivity index (χ4n) is 0. The van der Waals surface area contributed by atoms with Gasteiger partial charge in [0.2, 0.25) is 0 Å². The van der Waals surface area contributed by atoms with Crippen molar-refractivity contribution < 1.29 is 76.0 Å². The molecule has 2 N–H and O–H groups in total. The summed E-state index contributed by atoms with van der Waals surface area (Å²) < 4.78 is 8.74. The smallest absolute Gasteiger partial charge is 1.00 e. The maximum absolute atomic E-state index is 8.74. The summed E-state index contributed by atoms with van der Waals surface area (Å²) in [5.74, 6) is 0. The van der Waals surface area contributed by atoms with Crippen molar-refractivity contribution in [3.63, 3.8) is 0 Å². The molecular weight excluding hydrogens is 291 g/mol. The third-order valence-electron chi connectivity index (χ3n) is 0. The molecular formula is H4AlCl4Na2O3Si-. The Hall–Kier alpha value is 3.31. The van der Waals surface area contributed by atoms with Crippen LogP contribution in [0.2, 0.25) is 0 Å². The van der Waals surface area contributed by atoms with Crippen LogP contribution in [0, 0.1) is 0 Å². The summed E-state index contributed by atoms with van der Waals surface area (Å²) in [6.45, 7) is 0. The van der Waals surface area contributed by atoms with E-state index < -0.39 is 18.6 Å². The summed E-state index contributed by atoms with van der Waals surface area (Å²) in [7, 11) is 13.9. The van der Waals surface area contributed by atoms with Crippen molar-refractivity contribution in [1.82, 2.24) is 0 Å². The Morgan fingerprint density at radius 1 is 1.09 bits per heavy atom. The van der Waals surface area contributed by atoms with Crippen LogP contribution in [0.3, 0.4) is 0 Å². The summed E-state index contributed by atoms with van der Waals surface area (Å²) in [6, 6.07) is 0. The quantitative estimate of drug-likeness (QED) is 0.440. The van der Waals surface area contributed by atoms with Crippen LogP contribution < -0.4 is 59.1 Å². The van der Waals surface area contributed by atoms with Crippen molar-refractivity contribution >= 4 is 58.8 Å². The van der Waals surface area contributed by atoms with Crippen LogP contribution in [-0.2, 0) is 4.46 Å². The summed E-state index contributed by atoms with van der Waals surface area (Å²) in [6.07, 6.45) is 0. The molecule has 0 bridgehead atoms. The van der Waals surface area contributed by atoms with Crippen molar-refractivity contribution in [2.24, 2.45) is 0 Å². The van der Waals surface area contributed by atoms with Crippen molar-refractivity contribution in [3.8, 4) is 0 Å². The van der Waals surface area contributed by atoms with E-state index in [2.05, 4.69) is 0 Å². The predicted molar refractivity (Wildman–Crippen MR) is 42.3 cm³/mol. The van der Waals surface area contributed by atoms with Gasteiger partial charge in [-0.05, 0) is 0 Å². The van der Waals surface area contributed by atoms with Gasteiger partial charge in [-0.2, -0.15) is 0 Å². The van der Waals surface area contributed by atoms with Gasteiger partial charge in [-0.1, -0.05) is 0 Å². The van der Waals surface area contributed by atoms with E-state index in [1.54, 1.807) is 0 Å². The molecule has 0 spiro atoms. The fourth-order valence-corrected chi connectivity index (χ4v) is 0. The number of hydrogen-bond donors (Lipinski definition) is 2. The zero-order chi connectivity index (χ0) is 8.08. The summed E-state index contributed by atoms with van der Waals surface area (Å²) >= 11 is 0. The minimum Gasteiger partial charge on any atom is -1.00 e. The van der Waals surface area contributed by atoms with Gasteiger partial charge in [0.25, 0.3) is 0 Å². The molecule has 0 fully saturated rings. The van der Waals surface area contributed by atoms with Gasteiger partial charge in [0.05, 0.1) is 0 Å². The molecule has 0 amide bonds. The second kappa shape index (κ2) is 13.3. The standard InChI is InChI=1S/Al.4ClH.2Na.H2O3Si.2H/c;;;;;;;1-4(2)3;;/h;4*1H;;;1-2H;;/q+3;;;;;2*+1;;2*-1/p-4. The molecule has 0 aromatic carbocycles. The molecule has 0 aromatic heterocycles. The first-order chi connectivity index (χ1) is 3.73. The van der Waals surface area contributed by atoms with Crippen LogP contribution in [0.4, 0.5) is 0 Å². The monoisotopic (exact) mass is 293 g/mol. The molecule has 0 unspecified atom stereocenters. The van der Waals surface area contributed by atoms with Gasteiger partial charge in [-0.15, -0.1) is 0 Å².